The predicted molar refractivity (Wildman–Crippen MR) is 111 cm³/mol. The van der Waals surface area contributed by atoms with E-state index in [-0.39, 0.29) is 5.91 Å². The van der Waals surface area contributed by atoms with E-state index in [4.69, 9.17) is 9.47 Å². The number of ether oxygens (including phenoxy) is 2. The average Bonchev–Trinajstić information content (AvgIpc) is 2.65. The van der Waals surface area contributed by atoms with Crippen molar-refractivity contribution in [1.29, 1.82) is 0 Å². The Bertz CT molecular complexity index is 651. The molecule has 0 aromatic heterocycles. The van der Waals surface area contributed by atoms with Gasteiger partial charge >= 0.3 is 0 Å². The van der Waals surface area contributed by atoms with Crippen molar-refractivity contribution in [1.82, 2.24) is 5.32 Å². The third-order valence-electron chi connectivity index (χ3n) is 7.34. The number of amides is 1. The lowest BCUT2D eigenvalue weighted by molar-refractivity contribution is -0.126. The lowest BCUT2D eigenvalue weighted by Crippen LogP contribution is -2.55. The molecule has 1 aromatic rings. The first kappa shape index (κ1) is 19.6. The van der Waals surface area contributed by atoms with E-state index in [9.17, 15) is 4.79 Å². The van der Waals surface area contributed by atoms with Crippen LogP contribution in [0, 0.1) is 23.2 Å². The van der Waals surface area contributed by atoms with Crippen molar-refractivity contribution in [3.8, 4) is 11.5 Å². The second-order valence-electron chi connectivity index (χ2n) is 9.40. The number of benzene rings is 1. The first-order chi connectivity index (χ1) is 13.6. The minimum atomic E-state index is 0.171. The summed E-state index contributed by atoms with van der Waals surface area (Å²) in [5, 5.41) is 3.35. The van der Waals surface area contributed by atoms with Gasteiger partial charge in [0.25, 0.3) is 0 Å². The van der Waals surface area contributed by atoms with E-state index < -0.39 is 0 Å². The van der Waals surface area contributed by atoms with E-state index >= 15 is 0 Å². The van der Waals surface area contributed by atoms with Gasteiger partial charge < -0.3 is 14.8 Å². The van der Waals surface area contributed by atoms with Crippen LogP contribution in [0.2, 0.25) is 0 Å². The Morgan fingerprint density at radius 1 is 1.07 bits per heavy atom. The van der Waals surface area contributed by atoms with Gasteiger partial charge in [-0.15, -0.1) is 0 Å². The van der Waals surface area contributed by atoms with Gasteiger partial charge in [0.1, 0.15) is 0 Å². The highest BCUT2D eigenvalue weighted by Gasteiger charge is 2.53. The molecule has 28 heavy (non-hydrogen) atoms. The summed E-state index contributed by atoms with van der Waals surface area (Å²) in [6, 6.07) is 8.02. The van der Waals surface area contributed by atoms with Gasteiger partial charge in [-0.3, -0.25) is 4.79 Å². The molecule has 4 heteroatoms. The molecule has 5 rings (SSSR count). The Hall–Kier alpha value is -1.71. The van der Waals surface area contributed by atoms with Gasteiger partial charge in [0.05, 0.1) is 13.2 Å². The maximum atomic E-state index is 12.5. The molecule has 4 aliphatic carbocycles. The third kappa shape index (κ3) is 4.16. The summed E-state index contributed by atoms with van der Waals surface area (Å²) >= 11 is 0. The molecule has 1 N–H and O–H groups in total. The van der Waals surface area contributed by atoms with Crippen molar-refractivity contribution in [3.05, 3.63) is 24.3 Å². The van der Waals surface area contributed by atoms with E-state index in [1.165, 1.54) is 38.5 Å². The molecule has 4 saturated carbocycles. The average molecular weight is 386 g/mol. The molecule has 1 aromatic carbocycles. The topological polar surface area (TPSA) is 47.6 Å². The smallest absolute Gasteiger partial charge is 0.220 e. The molecule has 0 aliphatic heterocycles. The Labute approximate surface area is 169 Å². The molecule has 4 nitrogen and oxygen atoms in total. The number of hydrogen-bond donors (Lipinski definition) is 1. The third-order valence-corrected chi connectivity index (χ3v) is 7.34. The van der Waals surface area contributed by atoms with Crippen LogP contribution in [0.5, 0.6) is 11.5 Å². The Balaban J connectivity index is 1.22. The van der Waals surface area contributed by atoms with Crippen LogP contribution in [0.3, 0.4) is 0 Å². The fourth-order valence-electron chi connectivity index (χ4n) is 6.43. The Kier molecular flexibility index (Phi) is 5.84. The molecule has 1 atom stereocenters. The van der Waals surface area contributed by atoms with Gasteiger partial charge in [-0.05, 0) is 94.1 Å². The van der Waals surface area contributed by atoms with Gasteiger partial charge in [-0.1, -0.05) is 12.1 Å². The number of nitrogens with one attached hydrogen (secondary N) is 1. The van der Waals surface area contributed by atoms with Crippen LogP contribution in [0.25, 0.3) is 0 Å². The molecule has 1 amide bonds. The summed E-state index contributed by atoms with van der Waals surface area (Å²) in [6.45, 7) is 5.36. The standard InChI is InChI=1S/C24H35NO3/c1-3-27-21-7-4-5-8-22(21)28-10-6-9-23(26)25-17(2)24-14-18-11-19(15-24)13-20(12-18)16-24/h4-5,7-8,17-20H,3,6,9-16H2,1-2H3,(H,25,26). The fourth-order valence-corrected chi connectivity index (χ4v) is 6.43. The van der Waals surface area contributed by atoms with Crippen molar-refractivity contribution >= 4 is 5.91 Å². The van der Waals surface area contributed by atoms with Crippen LogP contribution in [0.4, 0.5) is 0 Å². The van der Waals surface area contributed by atoms with Crippen molar-refractivity contribution < 1.29 is 14.3 Å². The summed E-state index contributed by atoms with van der Waals surface area (Å²) in [5.41, 5.74) is 0.372. The first-order valence-corrected chi connectivity index (χ1v) is 11.2. The molecule has 0 saturated heterocycles. The lowest BCUT2D eigenvalue weighted by Gasteiger charge is -2.59. The normalized spacial score (nSPS) is 31.4. The van der Waals surface area contributed by atoms with Crippen LogP contribution in [0.1, 0.15) is 65.2 Å². The molecule has 1 unspecified atom stereocenters. The van der Waals surface area contributed by atoms with Crippen LogP contribution < -0.4 is 14.8 Å². The molecule has 4 bridgehead atoms. The van der Waals surface area contributed by atoms with Gasteiger partial charge in [-0.2, -0.15) is 0 Å². The van der Waals surface area contributed by atoms with Crippen molar-refractivity contribution in [2.45, 2.75) is 71.3 Å². The molecule has 4 fully saturated rings. The zero-order valence-electron chi connectivity index (χ0n) is 17.4. The summed E-state index contributed by atoms with van der Waals surface area (Å²) in [7, 11) is 0. The lowest BCUT2D eigenvalue weighted by atomic mass is 9.48. The summed E-state index contributed by atoms with van der Waals surface area (Å²) in [5.74, 6) is 4.46. The molecule has 154 valence electrons. The fraction of sp³-hybridized carbons (Fsp3) is 0.708. The first-order valence-electron chi connectivity index (χ1n) is 11.2. The zero-order chi connectivity index (χ0) is 19.6. The van der Waals surface area contributed by atoms with Gasteiger partial charge in [0, 0.05) is 12.5 Å². The SMILES string of the molecule is CCOc1ccccc1OCCCC(=O)NC(C)C12CC3CC(CC(C3)C1)C2. The quantitative estimate of drug-likeness (QED) is 0.611. The molecular weight excluding hydrogens is 350 g/mol. The van der Waals surface area contributed by atoms with Crippen LogP contribution in [-0.4, -0.2) is 25.2 Å². The number of carbonyl (C=O) groups is 1. The second kappa shape index (κ2) is 8.34. The van der Waals surface area contributed by atoms with Gasteiger partial charge in [-0.25, -0.2) is 0 Å². The van der Waals surface area contributed by atoms with E-state index in [0.29, 0.717) is 31.1 Å². The Morgan fingerprint density at radius 2 is 1.64 bits per heavy atom. The zero-order valence-corrected chi connectivity index (χ0v) is 17.4. The predicted octanol–water partition coefficient (Wildman–Crippen LogP) is 4.97. The van der Waals surface area contributed by atoms with E-state index in [0.717, 1.165) is 35.7 Å². The summed E-state index contributed by atoms with van der Waals surface area (Å²) in [6.07, 6.45) is 9.57. The minimum absolute atomic E-state index is 0.171. The van der Waals surface area contributed by atoms with E-state index in [1.54, 1.807) is 0 Å². The van der Waals surface area contributed by atoms with E-state index in [1.807, 2.05) is 31.2 Å². The molecule has 0 spiro atoms. The van der Waals surface area contributed by atoms with Crippen LogP contribution in [-0.2, 0) is 4.79 Å². The summed E-state index contributed by atoms with van der Waals surface area (Å²) in [4.78, 5) is 12.5. The maximum Gasteiger partial charge on any atom is 0.220 e. The summed E-state index contributed by atoms with van der Waals surface area (Å²) < 4.78 is 11.4. The minimum Gasteiger partial charge on any atom is -0.490 e. The number of hydrogen-bond acceptors (Lipinski definition) is 3. The second-order valence-corrected chi connectivity index (χ2v) is 9.40. The highest BCUT2D eigenvalue weighted by atomic mass is 16.5. The number of carbonyl (C=O) groups excluding carboxylic acids is 1. The monoisotopic (exact) mass is 385 g/mol. The van der Waals surface area contributed by atoms with Crippen LogP contribution in [0.15, 0.2) is 24.3 Å². The van der Waals surface area contributed by atoms with E-state index in [2.05, 4.69) is 12.2 Å². The van der Waals surface area contributed by atoms with Crippen molar-refractivity contribution in [2.24, 2.45) is 23.2 Å². The number of para-hydroxylation sites is 2. The molecule has 0 heterocycles. The number of rotatable bonds is 9. The maximum absolute atomic E-state index is 12.5. The molecular formula is C24H35NO3. The van der Waals surface area contributed by atoms with Crippen molar-refractivity contribution in [3.63, 3.8) is 0 Å². The highest BCUT2D eigenvalue weighted by molar-refractivity contribution is 5.76. The van der Waals surface area contributed by atoms with Gasteiger partial charge in [0.2, 0.25) is 5.91 Å². The largest absolute Gasteiger partial charge is 0.490 e. The highest BCUT2D eigenvalue weighted by Crippen LogP contribution is 2.61. The molecule has 4 aliphatic rings. The van der Waals surface area contributed by atoms with Gasteiger partial charge in [0.15, 0.2) is 11.5 Å². The van der Waals surface area contributed by atoms with Crippen molar-refractivity contribution in [2.75, 3.05) is 13.2 Å². The van der Waals surface area contributed by atoms with Crippen LogP contribution >= 0.6 is 0 Å². The Morgan fingerprint density at radius 3 is 2.21 bits per heavy atom. The molecule has 0 radical (unpaired) electrons.